The summed E-state index contributed by atoms with van der Waals surface area (Å²) in [6.45, 7) is 5.55. The minimum absolute atomic E-state index is 0.0128. The number of hydrogen-bond acceptors (Lipinski definition) is 5. The van der Waals surface area contributed by atoms with E-state index in [0.29, 0.717) is 5.69 Å². The molecule has 2 atom stereocenters. The standard InChI is InChI=1S/C31H34ClFN4O4/c1-19-15-23(16-20(2)34-19)36-13-11-24(12-14-36)37(4,30(38)35(3)22-7-9-28(33)27(32)17-22)29-10-6-21-5-8-25(18-26(21)29)41-31(39)40/h5,7-9,15-18,24,29H,6,10-14H2,1-4H3/p+1. The van der Waals surface area contributed by atoms with Crippen molar-refractivity contribution in [1.82, 2.24) is 4.98 Å². The molecule has 8 nitrogen and oxygen atoms in total. The number of hydrogen-bond donors (Lipinski definition) is 1. The van der Waals surface area contributed by atoms with Crippen molar-refractivity contribution in [3.8, 4) is 5.75 Å². The summed E-state index contributed by atoms with van der Waals surface area (Å²) in [4.78, 5) is 34.2. The lowest BCUT2D eigenvalue weighted by Crippen LogP contribution is -2.64. The van der Waals surface area contributed by atoms with Crippen LogP contribution in [0.1, 0.15) is 47.8 Å². The maximum atomic E-state index is 14.6. The molecule has 3 aromatic rings. The van der Waals surface area contributed by atoms with Gasteiger partial charge in [0.2, 0.25) is 0 Å². The van der Waals surface area contributed by atoms with E-state index in [-0.39, 0.29) is 33.4 Å². The molecule has 1 saturated heterocycles. The van der Waals surface area contributed by atoms with Gasteiger partial charge in [-0.05, 0) is 68.3 Å². The smallest absolute Gasteiger partial charge is 0.449 e. The highest BCUT2D eigenvalue weighted by atomic mass is 35.5. The Balaban J connectivity index is 1.50. The normalized spacial score (nSPS) is 18.5. The Bertz CT molecular complexity index is 1470. The van der Waals surface area contributed by atoms with Gasteiger partial charge in [-0.25, -0.2) is 18.5 Å². The molecule has 0 bridgehead atoms. The summed E-state index contributed by atoms with van der Waals surface area (Å²) >= 11 is 6.09. The first-order valence-electron chi connectivity index (χ1n) is 13.8. The third kappa shape index (κ3) is 5.61. The molecule has 1 aromatic heterocycles. The van der Waals surface area contributed by atoms with Crippen LogP contribution in [-0.2, 0) is 6.42 Å². The fraction of sp³-hybridized carbons (Fsp3) is 0.387. The summed E-state index contributed by atoms with van der Waals surface area (Å²) < 4.78 is 19.0. The summed E-state index contributed by atoms with van der Waals surface area (Å²) in [5.74, 6) is -0.308. The number of quaternary nitrogens is 1. The molecule has 0 radical (unpaired) electrons. The summed E-state index contributed by atoms with van der Waals surface area (Å²) in [5, 5.41) is 9.15. The predicted molar refractivity (Wildman–Crippen MR) is 156 cm³/mol. The van der Waals surface area contributed by atoms with Crippen molar-refractivity contribution in [2.45, 2.75) is 51.6 Å². The minimum atomic E-state index is -1.38. The highest BCUT2D eigenvalue weighted by Crippen LogP contribution is 2.45. The lowest BCUT2D eigenvalue weighted by atomic mass is 9.95. The van der Waals surface area contributed by atoms with E-state index in [9.17, 15) is 19.1 Å². The van der Waals surface area contributed by atoms with E-state index in [2.05, 4.69) is 22.0 Å². The van der Waals surface area contributed by atoms with E-state index in [4.69, 9.17) is 16.3 Å². The molecule has 1 aliphatic carbocycles. The molecule has 216 valence electrons. The van der Waals surface area contributed by atoms with Crippen LogP contribution in [0.4, 0.5) is 25.4 Å². The molecular weight excluding hydrogens is 547 g/mol. The van der Waals surface area contributed by atoms with Gasteiger partial charge in [0.15, 0.2) is 0 Å². The Labute approximate surface area is 244 Å². The minimum Gasteiger partial charge on any atom is -0.449 e. The third-order valence-corrected chi connectivity index (χ3v) is 8.95. The van der Waals surface area contributed by atoms with Gasteiger partial charge in [-0.15, -0.1) is 0 Å². The van der Waals surface area contributed by atoms with Crippen LogP contribution in [0, 0.1) is 19.7 Å². The number of aryl methyl sites for hydroxylation is 3. The highest BCUT2D eigenvalue weighted by Gasteiger charge is 2.52. The number of carbonyl (C=O) groups is 2. The van der Waals surface area contributed by atoms with Crippen LogP contribution in [0.15, 0.2) is 48.5 Å². The van der Waals surface area contributed by atoms with Gasteiger partial charge in [-0.2, -0.15) is 0 Å². The molecule has 1 fully saturated rings. The first-order valence-corrected chi connectivity index (χ1v) is 14.2. The number of fused-ring (bicyclic) bond motifs is 1. The second-order valence-corrected chi connectivity index (χ2v) is 11.6. The van der Waals surface area contributed by atoms with Gasteiger partial charge in [-0.3, -0.25) is 9.88 Å². The Hall–Kier alpha value is -3.69. The fourth-order valence-corrected chi connectivity index (χ4v) is 6.78. The molecule has 2 aliphatic rings. The van der Waals surface area contributed by atoms with Gasteiger partial charge in [0.1, 0.15) is 23.7 Å². The summed E-state index contributed by atoms with van der Waals surface area (Å²) in [7, 11) is 3.68. The number of nitrogens with zero attached hydrogens (tertiary/aromatic N) is 4. The quantitative estimate of drug-likeness (QED) is 0.200. The lowest BCUT2D eigenvalue weighted by molar-refractivity contribution is -0.887. The predicted octanol–water partition coefficient (Wildman–Crippen LogP) is 6.91. The topological polar surface area (TPSA) is 83.0 Å². The van der Waals surface area contributed by atoms with Crippen molar-refractivity contribution in [2.24, 2.45) is 0 Å². The van der Waals surface area contributed by atoms with Crippen molar-refractivity contribution in [3.05, 3.63) is 81.9 Å². The molecule has 5 rings (SSSR count). The van der Waals surface area contributed by atoms with Crippen molar-refractivity contribution < 1.29 is 28.3 Å². The molecular formula is C31H35ClFN4O4+. The zero-order valence-electron chi connectivity index (χ0n) is 23.7. The van der Waals surface area contributed by atoms with Crippen LogP contribution in [-0.4, -0.2) is 60.0 Å². The van der Waals surface area contributed by atoms with Crippen LogP contribution >= 0.6 is 11.6 Å². The number of carbonyl (C=O) groups excluding carboxylic acids is 1. The summed E-state index contributed by atoms with van der Waals surface area (Å²) in [5.41, 5.74) is 5.59. The van der Waals surface area contributed by atoms with E-state index in [1.54, 1.807) is 30.1 Å². The second kappa shape index (κ2) is 11.3. The number of piperidine rings is 1. The molecule has 10 heteroatoms. The van der Waals surface area contributed by atoms with Gasteiger partial charge < -0.3 is 14.7 Å². The number of halogens is 2. The number of aromatic nitrogens is 1. The molecule has 1 N–H and O–H groups in total. The number of carboxylic acid groups (broad SMARTS) is 1. The molecule has 2 amide bonds. The lowest BCUT2D eigenvalue weighted by Gasteiger charge is -2.48. The Morgan fingerprint density at radius 2 is 1.76 bits per heavy atom. The maximum Gasteiger partial charge on any atom is 0.511 e. The van der Waals surface area contributed by atoms with Gasteiger partial charge in [0, 0.05) is 62.0 Å². The van der Waals surface area contributed by atoms with Crippen molar-refractivity contribution in [1.29, 1.82) is 0 Å². The number of urea groups is 1. The van der Waals surface area contributed by atoms with E-state index in [1.165, 1.54) is 12.1 Å². The number of benzene rings is 2. The van der Waals surface area contributed by atoms with Crippen LogP contribution in [0.2, 0.25) is 5.02 Å². The van der Waals surface area contributed by atoms with Gasteiger partial charge in [0.05, 0.1) is 17.8 Å². The summed E-state index contributed by atoms with van der Waals surface area (Å²) in [6.07, 6.45) is 1.68. The Morgan fingerprint density at radius 1 is 1.07 bits per heavy atom. The number of amides is 2. The molecule has 2 heterocycles. The van der Waals surface area contributed by atoms with Gasteiger partial charge in [-0.1, -0.05) is 17.7 Å². The Morgan fingerprint density at radius 3 is 2.39 bits per heavy atom. The van der Waals surface area contributed by atoms with Crippen molar-refractivity contribution in [2.75, 3.05) is 37.0 Å². The highest BCUT2D eigenvalue weighted by molar-refractivity contribution is 6.31. The van der Waals surface area contributed by atoms with E-state index < -0.39 is 12.0 Å². The third-order valence-electron chi connectivity index (χ3n) is 8.66. The van der Waals surface area contributed by atoms with Gasteiger partial charge in [0.25, 0.3) is 0 Å². The van der Waals surface area contributed by atoms with Crippen LogP contribution in [0.5, 0.6) is 5.75 Å². The zero-order chi connectivity index (χ0) is 29.5. The maximum absolute atomic E-state index is 14.6. The second-order valence-electron chi connectivity index (χ2n) is 11.2. The first-order chi connectivity index (χ1) is 19.5. The molecule has 0 spiro atoms. The number of anilines is 2. The molecule has 2 aromatic carbocycles. The van der Waals surface area contributed by atoms with E-state index >= 15 is 0 Å². The number of rotatable bonds is 5. The van der Waals surface area contributed by atoms with E-state index in [1.807, 2.05) is 27.0 Å². The van der Waals surface area contributed by atoms with Crippen molar-refractivity contribution in [3.63, 3.8) is 0 Å². The van der Waals surface area contributed by atoms with E-state index in [0.717, 1.165) is 67.0 Å². The van der Waals surface area contributed by atoms with Crippen LogP contribution in [0.3, 0.4) is 0 Å². The first kappa shape index (κ1) is 28.8. The Kier molecular flexibility index (Phi) is 7.94. The zero-order valence-corrected chi connectivity index (χ0v) is 24.5. The SMILES string of the molecule is Cc1cc(N2CCC([N+](C)(C(=O)N(C)c3ccc(F)c(Cl)c3)C3CCc4ccc(OC(=O)O)cc43)CC2)cc(C)n1. The molecule has 0 saturated carbocycles. The molecule has 1 aliphatic heterocycles. The molecule has 41 heavy (non-hydrogen) atoms. The fourth-order valence-electron chi connectivity index (χ4n) is 6.61. The monoisotopic (exact) mass is 581 g/mol. The van der Waals surface area contributed by atoms with Gasteiger partial charge >= 0.3 is 12.2 Å². The molecule has 2 unspecified atom stereocenters. The number of pyridine rings is 1. The van der Waals surface area contributed by atoms with Crippen LogP contribution in [0.25, 0.3) is 0 Å². The number of ether oxygens (including phenoxy) is 1. The average Bonchev–Trinajstić information content (AvgIpc) is 3.36. The van der Waals surface area contributed by atoms with Crippen LogP contribution < -0.4 is 14.5 Å². The average molecular weight is 582 g/mol. The largest absolute Gasteiger partial charge is 0.511 e. The van der Waals surface area contributed by atoms with Crippen molar-refractivity contribution >= 4 is 35.2 Å². The summed E-state index contributed by atoms with van der Waals surface area (Å²) in [6, 6.07) is 13.4.